The molecule has 12 heteroatoms. The maximum atomic E-state index is 13.3. The lowest BCUT2D eigenvalue weighted by molar-refractivity contribution is 0.0958. The van der Waals surface area contributed by atoms with Crippen LogP contribution in [0.4, 0.5) is 27.4 Å². The third-order valence-electron chi connectivity index (χ3n) is 5.34. The van der Waals surface area contributed by atoms with E-state index < -0.39 is 11.7 Å². The summed E-state index contributed by atoms with van der Waals surface area (Å²) in [5.41, 5.74) is 2.20. The van der Waals surface area contributed by atoms with Crippen LogP contribution in [0.1, 0.15) is 10.5 Å². The molecule has 0 fully saturated rings. The number of hydrogen-bond acceptors (Lipinski definition) is 10. The van der Waals surface area contributed by atoms with E-state index in [2.05, 4.69) is 46.3 Å². The number of anilines is 4. The Bertz CT molecular complexity index is 1600. The molecule has 0 aliphatic heterocycles. The van der Waals surface area contributed by atoms with Crippen LogP contribution < -0.4 is 20.7 Å². The second kappa shape index (κ2) is 10.2. The Morgan fingerprint density at radius 1 is 0.865 bits per heavy atom. The summed E-state index contributed by atoms with van der Waals surface area (Å²) >= 11 is 0. The van der Waals surface area contributed by atoms with Crippen LogP contribution >= 0.6 is 0 Å². The molecule has 37 heavy (non-hydrogen) atoms. The van der Waals surface area contributed by atoms with Gasteiger partial charge in [-0.15, -0.1) is 20.4 Å². The van der Waals surface area contributed by atoms with Crippen molar-refractivity contribution in [3.8, 4) is 17.1 Å². The summed E-state index contributed by atoms with van der Waals surface area (Å²) in [5.74, 6) is 0.467. The van der Waals surface area contributed by atoms with Gasteiger partial charge in [0.05, 0.1) is 42.0 Å². The van der Waals surface area contributed by atoms with Crippen molar-refractivity contribution in [3.05, 3.63) is 78.5 Å². The van der Waals surface area contributed by atoms with Gasteiger partial charge in [-0.1, -0.05) is 24.3 Å². The molecule has 5 rings (SSSR count). The highest BCUT2D eigenvalue weighted by molar-refractivity contribution is 5.99. The van der Waals surface area contributed by atoms with Gasteiger partial charge in [-0.3, -0.25) is 4.79 Å². The van der Waals surface area contributed by atoms with Crippen molar-refractivity contribution in [2.45, 2.75) is 0 Å². The van der Waals surface area contributed by atoms with Gasteiger partial charge >= 0.3 is 0 Å². The molecule has 0 saturated carbocycles. The fourth-order valence-electron chi connectivity index (χ4n) is 3.64. The fraction of sp³-hybridized carbons (Fsp3) is 0.0800. The lowest BCUT2D eigenvalue weighted by atomic mass is 10.1. The average Bonchev–Trinajstić information content (AvgIpc) is 2.93. The molecule has 1 amide bonds. The van der Waals surface area contributed by atoms with Crippen LogP contribution in [0.3, 0.4) is 0 Å². The predicted molar refractivity (Wildman–Crippen MR) is 136 cm³/mol. The zero-order valence-corrected chi connectivity index (χ0v) is 19.7. The number of aromatic nitrogens is 6. The normalized spacial score (nSPS) is 10.7. The van der Waals surface area contributed by atoms with Crippen LogP contribution in [0, 0.1) is 5.82 Å². The van der Waals surface area contributed by atoms with Crippen molar-refractivity contribution in [3.63, 3.8) is 0 Å². The van der Waals surface area contributed by atoms with Crippen LogP contribution in [-0.4, -0.2) is 50.4 Å². The van der Waals surface area contributed by atoms with E-state index in [1.165, 1.54) is 14.2 Å². The van der Waals surface area contributed by atoms with Gasteiger partial charge in [-0.25, -0.2) is 14.4 Å². The van der Waals surface area contributed by atoms with Crippen LogP contribution in [0.2, 0.25) is 0 Å². The van der Waals surface area contributed by atoms with Crippen LogP contribution in [0.25, 0.3) is 22.3 Å². The zero-order valence-electron chi connectivity index (χ0n) is 19.7. The first-order chi connectivity index (χ1) is 18.1. The molecule has 0 radical (unpaired) electrons. The molecule has 11 nitrogen and oxygen atoms in total. The topological polar surface area (TPSA) is 140 Å². The highest BCUT2D eigenvalue weighted by Gasteiger charge is 2.19. The number of fused-ring (bicyclic) bond motifs is 1. The Morgan fingerprint density at radius 3 is 2.41 bits per heavy atom. The summed E-state index contributed by atoms with van der Waals surface area (Å²) < 4.78 is 19.0. The number of halogens is 1. The number of rotatable bonds is 7. The van der Waals surface area contributed by atoms with Gasteiger partial charge in [-0.2, -0.15) is 0 Å². The number of hydrogen-bond donors (Lipinski definition) is 3. The molecule has 184 valence electrons. The maximum absolute atomic E-state index is 13.3. The molecular formula is C25H20FN9O2. The SMILES string of the molecule is CNC(=O)c1nnc(Nc2cc3ccccc3nn2)cc1Nc1cccc(-c2ncc(F)cn2)c1OC. The number of carbonyl (C=O) groups is 1. The van der Waals surface area contributed by atoms with E-state index in [-0.39, 0.29) is 11.5 Å². The molecule has 0 unspecified atom stereocenters. The summed E-state index contributed by atoms with van der Waals surface area (Å²) in [6.45, 7) is 0. The number of ether oxygens (including phenoxy) is 1. The van der Waals surface area contributed by atoms with Gasteiger partial charge in [0.2, 0.25) is 0 Å². The van der Waals surface area contributed by atoms with Gasteiger partial charge in [0.15, 0.2) is 34.7 Å². The minimum absolute atomic E-state index is 0.0585. The Hall–Kier alpha value is -5.26. The lowest BCUT2D eigenvalue weighted by Crippen LogP contribution is -2.21. The van der Waals surface area contributed by atoms with Crippen LogP contribution in [-0.2, 0) is 0 Å². The summed E-state index contributed by atoms with van der Waals surface area (Å²) in [7, 11) is 2.99. The second-order valence-corrected chi connectivity index (χ2v) is 7.72. The molecule has 0 aliphatic carbocycles. The lowest BCUT2D eigenvalue weighted by Gasteiger charge is -2.16. The number of nitrogens with one attached hydrogen (secondary N) is 3. The van der Waals surface area contributed by atoms with Crippen molar-refractivity contribution in [2.24, 2.45) is 0 Å². The van der Waals surface area contributed by atoms with Gasteiger partial charge in [0, 0.05) is 18.5 Å². The molecular weight excluding hydrogens is 477 g/mol. The smallest absolute Gasteiger partial charge is 0.273 e. The molecule has 0 spiro atoms. The highest BCUT2D eigenvalue weighted by atomic mass is 19.1. The molecule has 2 aromatic carbocycles. The third-order valence-corrected chi connectivity index (χ3v) is 5.34. The standard InChI is InChI=1S/C25H20FN9O2/c1-27-25(36)22-19(11-21(34-35-22)31-20-10-14-6-3-4-8-17(14)32-33-20)30-18-9-5-7-16(23(18)37-2)24-28-12-15(26)13-29-24/h3-13H,1-2H3,(H,27,36)(H2,30,31,33,34). The van der Waals surface area contributed by atoms with Gasteiger partial charge in [0.25, 0.3) is 5.91 Å². The Morgan fingerprint density at radius 2 is 1.62 bits per heavy atom. The number of amides is 1. The molecule has 0 atom stereocenters. The molecule has 5 aromatic rings. The number of para-hydroxylation sites is 1. The minimum Gasteiger partial charge on any atom is -0.494 e. The Kier molecular flexibility index (Phi) is 6.45. The van der Waals surface area contributed by atoms with Crippen molar-refractivity contribution in [2.75, 3.05) is 24.8 Å². The molecule has 3 heterocycles. The van der Waals surface area contributed by atoms with Gasteiger partial charge in [0.1, 0.15) is 0 Å². The van der Waals surface area contributed by atoms with Crippen LogP contribution in [0.15, 0.2) is 67.0 Å². The summed E-state index contributed by atoms with van der Waals surface area (Å²) in [5, 5.41) is 26.3. The molecule has 0 bridgehead atoms. The first-order valence-corrected chi connectivity index (χ1v) is 11.1. The molecule has 3 N–H and O–H groups in total. The van der Waals surface area contributed by atoms with E-state index in [1.807, 2.05) is 30.3 Å². The Labute approximate surface area is 210 Å². The first-order valence-electron chi connectivity index (χ1n) is 11.1. The number of carbonyl (C=O) groups excluding carboxylic acids is 1. The second-order valence-electron chi connectivity index (χ2n) is 7.72. The monoisotopic (exact) mass is 497 g/mol. The van der Waals surface area contributed by atoms with Crippen molar-refractivity contribution >= 4 is 39.8 Å². The fourth-order valence-corrected chi connectivity index (χ4v) is 3.64. The number of methoxy groups -OCH3 is 1. The van der Waals surface area contributed by atoms with Crippen molar-refractivity contribution in [1.82, 2.24) is 35.7 Å². The molecule has 3 aromatic heterocycles. The summed E-state index contributed by atoms with van der Waals surface area (Å²) in [6, 6.07) is 16.3. The zero-order chi connectivity index (χ0) is 25.8. The first kappa shape index (κ1) is 23.5. The van der Waals surface area contributed by atoms with Gasteiger partial charge in [-0.05, 0) is 24.3 Å². The van der Waals surface area contributed by atoms with Crippen molar-refractivity contribution < 1.29 is 13.9 Å². The predicted octanol–water partition coefficient (Wildman–Crippen LogP) is 3.87. The minimum atomic E-state index is -0.550. The summed E-state index contributed by atoms with van der Waals surface area (Å²) in [6.07, 6.45) is 2.15. The van der Waals surface area contributed by atoms with E-state index in [0.29, 0.717) is 34.3 Å². The molecule has 0 aliphatic rings. The third kappa shape index (κ3) is 4.93. The van der Waals surface area contributed by atoms with E-state index in [4.69, 9.17) is 4.74 Å². The summed E-state index contributed by atoms with van der Waals surface area (Å²) in [4.78, 5) is 20.6. The van der Waals surface area contributed by atoms with E-state index in [9.17, 15) is 9.18 Å². The quantitative estimate of drug-likeness (QED) is 0.303. The largest absolute Gasteiger partial charge is 0.494 e. The average molecular weight is 497 g/mol. The number of nitrogens with zero attached hydrogens (tertiary/aromatic N) is 6. The molecule has 0 saturated heterocycles. The highest BCUT2D eigenvalue weighted by Crippen LogP contribution is 2.37. The van der Waals surface area contributed by atoms with E-state index in [0.717, 1.165) is 23.3 Å². The van der Waals surface area contributed by atoms with Gasteiger partial charge < -0.3 is 20.7 Å². The van der Waals surface area contributed by atoms with Crippen LogP contribution in [0.5, 0.6) is 5.75 Å². The van der Waals surface area contributed by atoms with E-state index >= 15 is 0 Å². The maximum Gasteiger partial charge on any atom is 0.273 e. The van der Waals surface area contributed by atoms with E-state index in [1.54, 1.807) is 24.3 Å². The number of benzene rings is 2. The Balaban J connectivity index is 1.52. The van der Waals surface area contributed by atoms with Crippen molar-refractivity contribution in [1.29, 1.82) is 0 Å².